The van der Waals surface area contributed by atoms with Crippen LogP contribution < -0.4 is 5.32 Å². The summed E-state index contributed by atoms with van der Waals surface area (Å²) in [7, 11) is 2.01. The summed E-state index contributed by atoms with van der Waals surface area (Å²) in [6, 6.07) is 6.82. The third kappa shape index (κ3) is 3.75. The number of nitro groups is 1. The Bertz CT molecular complexity index is 953. The van der Waals surface area contributed by atoms with E-state index >= 15 is 0 Å². The normalized spacial score (nSPS) is 17.9. The first kappa shape index (κ1) is 17.8. The molecule has 27 heavy (non-hydrogen) atoms. The molecule has 1 fully saturated rings. The highest BCUT2D eigenvalue weighted by molar-refractivity contribution is 7.13. The van der Waals surface area contributed by atoms with Crippen LogP contribution in [-0.4, -0.2) is 44.0 Å². The van der Waals surface area contributed by atoms with Gasteiger partial charge in [-0.3, -0.25) is 15.0 Å². The van der Waals surface area contributed by atoms with Crippen LogP contribution in [0.4, 0.5) is 5.69 Å². The molecule has 1 unspecified atom stereocenters. The van der Waals surface area contributed by atoms with Crippen LogP contribution in [0.3, 0.4) is 0 Å². The molecular formula is C18H20N6O2S. The Balaban J connectivity index is 1.54. The van der Waals surface area contributed by atoms with Crippen molar-refractivity contribution >= 4 is 17.0 Å². The quantitative estimate of drug-likeness (QED) is 0.537. The molecule has 0 amide bonds. The van der Waals surface area contributed by atoms with Crippen molar-refractivity contribution in [3.05, 3.63) is 63.7 Å². The van der Waals surface area contributed by atoms with E-state index in [0.29, 0.717) is 0 Å². The Labute approximate surface area is 160 Å². The molecule has 8 nitrogen and oxygen atoms in total. The number of aromatic nitrogens is 3. The van der Waals surface area contributed by atoms with E-state index in [4.69, 9.17) is 4.98 Å². The zero-order chi connectivity index (χ0) is 18.8. The van der Waals surface area contributed by atoms with E-state index in [9.17, 15) is 10.1 Å². The van der Waals surface area contributed by atoms with Crippen molar-refractivity contribution < 1.29 is 4.92 Å². The largest absolute Gasteiger partial charge is 0.337 e. The van der Waals surface area contributed by atoms with Crippen molar-refractivity contribution in [1.82, 2.24) is 24.8 Å². The minimum atomic E-state index is -0.379. The molecule has 9 heteroatoms. The second kappa shape index (κ2) is 7.55. The van der Waals surface area contributed by atoms with Crippen molar-refractivity contribution in [2.24, 2.45) is 7.05 Å². The van der Waals surface area contributed by atoms with Gasteiger partial charge in [0.1, 0.15) is 10.8 Å². The van der Waals surface area contributed by atoms with Gasteiger partial charge in [-0.1, -0.05) is 12.1 Å². The highest BCUT2D eigenvalue weighted by Gasteiger charge is 2.27. The van der Waals surface area contributed by atoms with Crippen LogP contribution in [0, 0.1) is 10.1 Å². The van der Waals surface area contributed by atoms with Crippen molar-refractivity contribution in [2.45, 2.75) is 12.6 Å². The number of rotatable bonds is 5. The fourth-order valence-electron chi connectivity index (χ4n) is 3.36. The molecule has 3 heterocycles. The summed E-state index contributed by atoms with van der Waals surface area (Å²) < 4.78 is 2.06. The summed E-state index contributed by atoms with van der Waals surface area (Å²) in [5, 5.41) is 17.3. The molecule has 0 saturated carbocycles. The molecule has 3 aromatic rings. The van der Waals surface area contributed by atoms with E-state index in [1.54, 1.807) is 12.1 Å². The van der Waals surface area contributed by atoms with Gasteiger partial charge in [0.2, 0.25) is 0 Å². The number of nitro benzene ring substituents is 1. The third-order valence-corrected chi connectivity index (χ3v) is 5.67. The summed E-state index contributed by atoms with van der Waals surface area (Å²) in [4.78, 5) is 22.2. The number of piperazine rings is 1. The molecule has 0 radical (unpaired) electrons. The lowest BCUT2D eigenvalue weighted by atomic mass is 10.1. The number of hydrogen-bond acceptors (Lipinski definition) is 7. The first-order valence-corrected chi connectivity index (χ1v) is 9.61. The predicted octanol–water partition coefficient (Wildman–Crippen LogP) is 2.60. The van der Waals surface area contributed by atoms with Crippen LogP contribution in [0.5, 0.6) is 0 Å². The van der Waals surface area contributed by atoms with E-state index in [0.717, 1.165) is 48.3 Å². The molecule has 1 aromatic carbocycles. The van der Waals surface area contributed by atoms with Crippen LogP contribution in [0.1, 0.15) is 17.6 Å². The van der Waals surface area contributed by atoms with Crippen LogP contribution >= 0.6 is 11.3 Å². The fourth-order valence-corrected chi connectivity index (χ4v) is 4.17. The van der Waals surface area contributed by atoms with Crippen molar-refractivity contribution in [1.29, 1.82) is 0 Å². The molecule has 1 atom stereocenters. The number of aryl methyl sites for hydroxylation is 1. The third-order valence-electron chi connectivity index (χ3n) is 4.73. The number of non-ortho nitro benzene ring substituents is 1. The van der Waals surface area contributed by atoms with Crippen molar-refractivity contribution in [2.75, 3.05) is 19.6 Å². The zero-order valence-corrected chi connectivity index (χ0v) is 15.7. The van der Waals surface area contributed by atoms with Crippen LogP contribution in [0.25, 0.3) is 10.6 Å². The van der Waals surface area contributed by atoms with Gasteiger partial charge in [0.05, 0.1) is 16.7 Å². The average Bonchev–Trinajstić information content (AvgIpc) is 3.31. The first-order valence-electron chi connectivity index (χ1n) is 8.73. The summed E-state index contributed by atoms with van der Waals surface area (Å²) >= 11 is 1.52. The standard InChI is InChI=1S/C18H20N6O2S/c1-22-7-6-20-17(22)16-10-19-5-8-23(16)11-14-12-27-18(21-14)13-3-2-4-15(9-13)24(25)26/h2-4,6-7,9,12,16,19H,5,8,10-11H2,1H3. The highest BCUT2D eigenvalue weighted by Crippen LogP contribution is 2.29. The first-order chi connectivity index (χ1) is 13.1. The van der Waals surface area contributed by atoms with Gasteiger partial charge < -0.3 is 9.88 Å². The second-order valence-corrected chi connectivity index (χ2v) is 7.40. The maximum atomic E-state index is 11.0. The molecule has 0 spiro atoms. The van der Waals surface area contributed by atoms with E-state index in [1.165, 1.54) is 17.4 Å². The van der Waals surface area contributed by atoms with E-state index in [1.807, 2.05) is 30.9 Å². The van der Waals surface area contributed by atoms with Gasteiger partial charge in [-0.25, -0.2) is 9.97 Å². The molecule has 1 aliphatic rings. The summed E-state index contributed by atoms with van der Waals surface area (Å²) in [6.45, 7) is 3.43. The second-order valence-electron chi connectivity index (χ2n) is 6.54. The van der Waals surface area contributed by atoms with Gasteiger partial charge in [-0.2, -0.15) is 0 Å². The van der Waals surface area contributed by atoms with Gasteiger partial charge in [-0.05, 0) is 0 Å². The molecule has 4 rings (SSSR count). The minimum Gasteiger partial charge on any atom is -0.337 e. The number of nitrogens with zero attached hydrogens (tertiary/aromatic N) is 5. The Morgan fingerprint density at radius 2 is 2.33 bits per heavy atom. The topological polar surface area (TPSA) is 89.1 Å². The van der Waals surface area contributed by atoms with Crippen LogP contribution in [0.15, 0.2) is 42.0 Å². The van der Waals surface area contributed by atoms with Gasteiger partial charge in [0.15, 0.2) is 0 Å². The molecule has 2 aromatic heterocycles. The predicted molar refractivity (Wildman–Crippen MR) is 103 cm³/mol. The Kier molecular flexibility index (Phi) is 4.97. The number of imidazole rings is 1. The summed E-state index contributed by atoms with van der Waals surface area (Å²) in [5.41, 5.74) is 1.84. The van der Waals surface area contributed by atoms with Gasteiger partial charge in [0, 0.05) is 68.7 Å². The molecule has 1 saturated heterocycles. The fraction of sp³-hybridized carbons (Fsp3) is 0.333. The van der Waals surface area contributed by atoms with E-state index in [-0.39, 0.29) is 16.7 Å². The number of benzene rings is 1. The van der Waals surface area contributed by atoms with Gasteiger partial charge >= 0.3 is 0 Å². The summed E-state index contributed by atoms with van der Waals surface area (Å²) in [5.74, 6) is 1.04. The molecule has 0 aliphatic carbocycles. The van der Waals surface area contributed by atoms with Crippen LogP contribution in [0.2, 0.25) is 0 Å². The molecule has 1 aliphatic heterocycles. The maximum Gasteiger partial charge on any atom is 0.270 e. The Morgan fingerprint density at radius 1 is 1.44 bits per heavy atom. The minimum absolute atomic E-state index is 0.0844. The molecule has 0 bridgehead atoms. The molecular weight excluding hydrogens is 364 g/mol. The zero-order valence-electron chi connectivity index (χ0n) is 14.9. The Hall–Kier alpha value is -2.62. The highest BCUT2D eigenvalue weighted by atomic mass is 32.1. The number of thiazole rings is 1. The van der Waals surface area contributed by atoms with E-state index in [2.05, 4.69) is 19.8 Å². The number of nitrogens with one attached hydrogen (secondary N) is 1. The lowest BCUT2D eigenvalue weighted by molar-refractivity contribution is -0.384. The molecule has 140 valence electrons. The SMILES string of the molecule is Cn1ccnc1C1CNCCN1Cc1csc(-c2cccc([N+](=O)[O-])c2)n1. The Morgan fingerprint density at radius 3 is 3.11 bits per heavy atom. The van der Waals surface area contributed by atoms with Gasteiger partial charge in [-0.15, -0.1) is 11.3 Å². The lowest BCUT2D eigenvalue weighted by Gasteiger charge is -2.35. The average molecular weight is 384 g/mol. The van der Waals surface area contributed by atoms with Crippen molar-refractivity contribution in [3.63, 3.8) is 0 Å². The van der Waals surface area contributed by atoms with Crippen LogP contribution in [-0.2, 0) is 13.6 Å². The van der Waals surface area contributed by atoms with E-state index < -0.39 is 0 Å². The summed E-state index contributed by atoms with van der Waals surface area (Å²) in [6.07, 6.45) is 3.79. The number of hydrogen-bond donors (Lipinski definition) is 1. The van der Waals surface area contributed by atoms with Crippen molar-refractivity contribution in [3.8, 4) is 10.6 Å². The maximum absolute atomic E-state index is 11.0. The van der Waals surface area contributed by atoms with Gasteiger partial charge in [0.25, 0.3) is 5.69 Å². The lowest BCUT2D eigenvalue weighted by Crippen LogP contribution is -2.46. The molecule has 1 N–H and O–H groups in total. The smallest absolute Gasteiger partial charge is 0.270 e. The monoisotopic (exact) mass is 384 g/mol.